The summed E-state index contributed by atoms with van der Waals surface area (Å²) in [6.07, 6.45) is -4.39. The van der Waals surface area contributed by atoms with Crippen LogP contribution in [0.25, 0.3) is 10.9 Å². The highest BCUT2D eigenvalue weighted by molar-refractivity contribution is 5.85. The van der Waals surface area contributed by atoms with Crippen molar-refractivity contribution in [2.24, 2.45) is 7.05 Å². The van der Waals surface area contributed by atoms with Crippen LogP contribution in [-0.2, 0) is 18.8 Å². The van der Waals surface area contributed by atoms with Crippen LogP contribution in [-0.4, -0.2) is 9.67 Å². The summed E-state index contributed by atoms with van der Waals surface area (Å²) in [6, 6.07) is 5.44. The highest BCUT2D eigenvalue weighted by atomic mass is 19.4. The number of halogens is 3. The number of nitrogens with zero attached hydrogens (tertiary/aromatic N) is 1. The van der Waals surface area contributed by atoms with E-state index in [4.69, 9.17) is 0 Å². The first kappa shape index (κ1) is 13.0. The second-order valence-electron chi connectivity index (χ2n) is 4.88. The van der Waals surface area contributed by atoms with Crippen LogP contribution >= 0.6 is 0 Å². The van der Waals surface area contributed by atoms with Crippen molar-refractivity contribution in [2.75, 3.05) is 0 Å². The van der Waals surface area contributed by atoms with Crippen molar-refractivity contribution < 1.29 is 18.3 Å². The topological polar surface area (TPSA) is 25.2 Å². The minimum Gasteiger partial charge on any atom is -0.384 e. The summed E-state index contributed by atoms with van der Waals surface area (Å²) in [6.45, 7) is 3.10. The van der Waals surface area contributed by atoms with Gasteiger partial charge in [0.1, 0.15) is 0 Å². The molecule has 2 nitrogen and oxygen atoms in total. The number of aryl methyl sites for hydroxylation is 1. The minimum absolute atomic E-state index is 0.115. The van der Waals surface area contributed by atoms with Crippen LogP contribution in [0.15, 0.2) is 24.3 Å². The number of hydrogen-bond donors (Lipinski definition) is 1. The molecule has 1 N–H and O–H groups in total. The molecule has 0 aliphatic heterocycles. The molecule has 1 aromatic heterocycles. The van der Waals surface area contributed by atoms with Gasteiger partial charge in [-0.2, -0.15) is 13.2 Å². The predicted octanol–water partition coefficient (Wildman–Crippen LogP) is 3.42. The summed E-state index contributed by atoms with van der Waals surface area (Å²) in [5.74, 6) is 0. The molecule has 2 rings (SSSR count). The Morgan fingerprint density at radius 3 is 2.28 bits per heavy atom. The summed E-state index contributed by atoms with van der Waals surface area (Å²) in [7, 11) is 1.65. The second-order valence-corrected chi connectivity index (χ2v) is 4.88. The molecule has 0 unspecified atom stereocenters. The van der Waals surface area contributed by atoms with E-state index in [1.807, 2.05) is 0 Å². The zero-order chi connectivity index (χ0) is 13.7. The monoisotopic (exact) mass is 257 g/mol. The van der Waals surface area contributed by atoms with E-state index in [0.717, 1.165) is 6.07 Å². The van der Waals surface area contributed by atoms with Crippen molar-refractivity contribution in [2.45, 2.75) is 25.6 Å². The number of benzene rings is 1. The molecule has 0 radical (unpaired) electrons. The molecule has 0 spiro atoms. The predicted molar refractivity (Wildman–Crippen MR) is 63.2 cm³/mol. The molecule has 0 atom stereocenters. The fourth-order valence-corrected chi connectivity index (χ4v) is 2.19. The van der Waals surface area contributed by atoms with Crippen molar-refractivity contribution >= 4 is 10.9 Å². The third kappa shape index (κ3) is 1.99. The molecule has 0 aliphatic rings. The van der Waals surface area contributed by atoms with E-state index >= 15 is 0 Å². The Bertz CT molecular complexity index is 591. The maximum atomic E-state index is 12.9. The van der Waals surface area contributed by atoms with Gasteiger partial charge in [0.05, 0.1) is 11.2 Å². The lowest BCUT2D eigenvalue weighted by atomic mass is 10.0. The molecule has 0 aliphatic carbocycles. The van der Waals surface area contributed by atoms with Crippen LogP contribution in [0.1, 0.15) is 25.1 Å². The van der Waals surface area contributed by atoms with Gasteiger partial charge in [0.25, 0.3) is 0 Å². The molecule has 0 fully saturated rings. The highest BCUT2D eigenvalue weighted by Crippen LogP contribution is 2.37. The van der Waals surface area contributed by atoms with Gasteiger partial charge in [-0.1, -0.05) is 6.07 Å². The van der Waals surface area contributed by atoms with Gasteiger partial charge >= 0.3 is 6.18 Å². The Morgan fingerprint density at radius 2 is 1.78 bits per heavy atom. The lowest BCUT2D eigenvalue weighted by molar-refractivity contribution is -0.136. The van der Waals surface area contributed by atoms with Crippen molar-refractivity contribution in [3.8, 4) is 0 Å². The van der Waals surface area contributed by atoms with Crippen LogP contribution < -0.4 is 0 Å². The summed E-state index contributed by atoms with van der Waals surface area (Å²) in [5.41, 5.74) is -0.946. The molecule has 98 valence electrons. The lowest BCUT2D eigenvalue weighted by Gasteiger charge is -2.18. The first-order valence-corrected chi connectivity index (χ1v) is 5.51. The Kier molecular flexibility index (Phi) is 2.70. The molecule has 0 saturated carbocycles. The van der Waals surface area contributed by atoms with Crippen LogP contribution in [0.2, 0.25) is 0 Å². The fraction of sp³-hybridized carbons (Fsp3) is 0.385. The number of alkyl halides is 3. The van der Waals surface area contributed by atoms with Gasteiger partial charge in [0.2, 0.25) is 0 Å². The normalized spacial score (nSPS) is 13.3. The third-order valence-electron chi connectivity index (χ3n) is 3.02. The highest BCUT2D eigenvalue weighted by Gasteiger charge is 2.34. The van der Waals surface area contributed by atoms with Crippen LogP contribution in [0.5, 0.6) is 0 Å². The molecule has 2 aromatic rings. The van der Waals surface area contributed by atoms with Crippen LogP contribution in [0.4, 0.5) is 13.2 Å². The summed E-state index contributed by atoms with van der Waals surface area (Å²) < 4.78 is 40.2. The molecule has 0 bridgehead atoms. The Balaban J connectivity index is 2.81. The average Bonchev–Trinajstić information content (AvgIpc) is 2.54. The molecule has 5 heteroatoms. The Labute approximate surface area is 103 Å². The SMILES string of the molecule is Cn1c(C(C)(C)O)cc2c(C(F)(F)F)cccc21. The van der Waals surface area contributed by atoms with Crippen LogP contribution in [0, 0.1) is 0 Å². The number of rotatable bonds is 1. The van der Waals surface area contributed by atoms with Crippen molar-refractivity contribution in [1.29, 1.82) is 0 Å². The first-order valence-electron chi connectivity index (χ1n) is 5.51. The van der Waals surface area contributed by atoms with E-state index in [1.54, 1.807) is 31.5 Å². The smallest absolute Gasteiger partial charge is 0.384 e. The molecule has 1 aromatic carbocycles. The van der Waals surface area contributed by atoms with Gasteiger partial charge in [-0.25, -0.2) is 0 Å². The molecule has 0 amide bonds. The summed E-state index contributed by atoms with van der Waals surface area (Å²) in [4.78, 5) is 0. The van der Waals surface area contributed by atoms with Crippen molar-refractivity contribution in [3.63, 3.8) is 0 Å². The Hall–Kier alpha value is -1.49. The number of fused-ring (bicyclic) bond motifs is 1. The number of aliphatic hydroxyl groups is 1. The number of hydrogen-bond acceptors (Lipinski definition) is 1. The molecule has 18 heavy (non-hydrogen) atoms. The van der Waals surface area contributed by atoms with E-state index < -0.39 is 17.3 Å². The summed E-state index contributed by atoms with van der Waals surface area (Å²) >= 11 is 0. The van der Waals surface area contributed by atoms with E-state index in [0.29, 0.717) is 11.2 Å². The third-order valence-corrected chi connectivity index (χ3v) is 3.02. The number of aromatic nitrogens is 1. The van der Waals surface area contributed by atoms with Gasteiger partial charge in [0, 0.05) is 23.6 Å². The molecule has 0 saturated heterocycles. The fourth-order valence-electron chi connectivity index (χ4n) is 2.19. The maximum absolute atomic E-state index is 12.9. The van der Waals surface area contributed by atoms with Gasteiger partial charge in [-0.3, -0.25) is 0 Å². The quantitative estimate of drug-likeness (QED) is 0.832. The van der Waals surface area contributed by atoms with E-state index in [2.05, 4.69) is 0 Å². The first-order chi connectivity index (χ1) is 8.12. The molecule has 1 heterocycles. The average molecular weight is 257 g/mol. The molecular weight excluding hydrogens is 243 g/mol. The van der Waals surface area contributed by atoms with Gasteiger partial charge in [-0.15, -0.1) is 0 Å². The minimum atomic E-state index is -4.39. The zero-order valence-corrected chi connectivity index (χ0v) is 10.3. The summed E-state index contributed by atoms with van der Waals surface area (Å²) in [5, 5.41) is 10.1. The largest absolute Gasteiger partial charge is 0.417 e. The van der Waals surface area contributed by atoms with E-state index in [-0.39, 0.29) is 5.39 Å². The van der Waals surface area contributed by atoms with Gasteiger partial charge in [-0.05, 0) is 32.0 Å². The standard InChI is InChI=1S/C13H14F3NO/c1-12(2,18)11-7-8-9(13(14,15)16)5-4-6-10(8)17(11)3/h4-7,18H,1-3H3. The van der Waals surface area contributed by atoms with E-state index in [1.165, 1.54) is 12.1 Å². The Morgan fingerprint density at radius 1 is 1.17 bits per heavy atom. The van der Waals surface area contributed by atoms with Gasteiger partial charge < -0.3 is 9.67 Å². The lowest BCUT2D eigenvalue weighted by Crippen LogP contribution is -2.19. The molecular formula is C13H14F3NO. The van der Waals surface area contributed by atoms with Crippen molar-refractivity contribution in [1.82, 2.24) is 4.57 Å². The van der Waals surface area contributed by atoms with Crippen LogP contribution in [0.3, 0.4) is 0 Å². The maximum Gasteiger partial charge on any atom is 0.417 e. The van der Waals surface area contributed by atoms with Crippen molar-refractivity contribution in [3.05, 3.63) is 35.5 Å². The zero-order valence-electron chi connectivity index (χ0n) is 10.3. The van der Waals surface area contributed by atoms with Gasteiger partial charge in [0.15, 0.2) is 0 Å². The van der Waals surface area contributed by atoms with E-state index in [9.17, 15) is 18.3 Å². The second kappa shape index (κ2) is 3.75.